The molecule has 0 bridgehead atoms. The predicted molar refractivity (Wildman–Crippen MR) is 52.4 cm³/mol. The first-order chi connectivity index (χ1) is 6.66. The van der Waals surface area contributed by atoms with Crippen molar-refractivity contribution in [3.63, 3.8) is 0 Å². The van der Waals surface area contributed by atoms with Crippen LogP contribution in [0, 0.1) is 0 Å². The zero-order valence-electron chi connectivity index (χ0n) is 7.68. The standard InChI is InChI=1S/C8H13NO4S/c10-7(1-4-14)9-2-3-13-5-6(9)8(11)12/h6,14H,1-5H2,(H,11,12). The molecular formula is C8H13NO4S. The summed E-state index contributed by atoms with van der Waals surface area (Å²) in [5.74, 6) is -0.754. The highest BCUT2D eigenvalue weighted by molar-refractivity contribution is 7.80. The lowest BCUT2D eigenvalue weighted by Gasteiger charge is -2.32. The number of hydrogen-bond donors (Lipinski definition) is 2. The number of carboxylic acid groups (broad SMARTS) is 1. The van der Waals surface area contributed by atoms with E-state index >= 15 is 0 Å². The van der Waals surface area contributed by atoms with Crippen molar-refractivity contribution in [2.45, 2.75) is 12.5 Å². The molecule has 14 heavy (non-hydrogen) atoms. The minimum absolute atomic E-state index is 0.0770. The molecule has 0 aromatic rings. The molecule has 0 aromatic carbocycles. The topological polar surface area (TPSA) is 66.8 Å². The normalized spacial score (nSPS) is 22.1. The summed E-state index contributed by atoms with van der Waals surface area (Å²) >= 11 is 3.93. The summed E-state index contributed by atoms with van der Waals surface area (Å²) in [7, 11) is 0. The third kappa shape index (κ3) is 2.62. The monoisotopic (exact) mass is 219 g/mol. The first-order valence-electron chi connectivity index (χ1n) is 4.37. The average Bonchev–Trinajstić information content (AvgIpc) is 2.18. The number of ether oxygens (including phenoxy) is 1. The number of nitrogens with zero attached hydrogens (tertiary/aromatic N) is 1. The first-order valence-corrected chi connectivity index (χ1v) is 5.01. The summed E-state index contributed by atoms with van der Waals surface area (Å²) in [5.41, 5.74) is 0. The molecule has 1 saturated heterocycles. The number of thiol groups is 1. The highest BCUT2D eigenvalue weighted by atomic mass is 32.1. The van der Waals surface area contributed by atoms with Crippen LogP contribution in [0.3, 0.4) is 0 Å². The smallest absolute Gasteiger partial charge is 0.328 e. The molecule has 0 saturated carbocycles. The van der Waals surface area contributed by atoms with Gasteiger partial charge in [-0.3, -0.25) is 4.79 Å². The van der Waals surface area contributed by atoms with Crippen molar-refractivity contribution in [1.29, 1.82) is 0 Å². The number of carboxylic acids is 1. The Labute approximate surface area is 87.4 Å². The lowest BCUT2D eigenvalue weighted by Crippen LogP contribution is -2.52. The van der Waals surface area contributed by atoms with Gasteiger partial charge in [-0.25, -0.2) is 4.79 Å². The maximum Gasteiger partial charge on any atom is 0.328 e. The fourth-order valence-electron chi connectivity index (χ4n) is 1.35. The van der Waals surface area contributed by atoms with Crippen molar-refractivity contribution in [1.82, 2.24) is 4.90 Å². The second kappa shape index (κ2) is 5.21. The Hall–Kier alpha value is -0.750. The maximum absolute atomic E-state index is 11.5. The molecule has 1 unspecified atom stereocenters. The first kappa shape index (κ1) is 11.3. The van der Waals surface area contributed by atoms with Gasteiger partial charge in [0.2, 0.25) is 5.91 Å². The minimum atomic E-state index is -1.02. The van der Waals surface area contributed by atoms with Gasteiger partial charge in [-0.05, 0) is 5.75 Å². The van der Waals surface area contributed by atoms with Gasteiger partial charge >= 0.3 is 5.97 Å². The SMILES string of the molecule is O=C(O)C1COCCN1C(=O)CCS. The van der Waals surface area contributed by atoms with Crippen molar-refractivity contribution in [2.24, 2.45) is 0 Å². The molecule has 0 aliphatic carbocycles. The Kier molecular flexibility index (Phi) is 4.21. The molecular weight excluding hydrogens is 206 g/mol. The molecule has 1 atom stereocenters. The number of morpholine rings is 1. The number of amides is 1. The van der Waals surface area contributed by atoms with E-state index in [2.05, 4.69) is 12.6 Å². The maximum atomic E-state index is 11.5. The van der Waals surface area contributed by atoms with E-state index in [1.807, 2.05) is 0 Å². The summed E-state index contributed by atoms with van der Waals surface area (Å²) < 4.78 is 5.01. The van der Waals surface area contributed by atoms with E-state index in [1.54, 1.807) is 0 Å². The molecule has 5 nitrogen and oxygen atoms in total. The largest absolute Gasteiger partial charge is 0.480 e. The zero-order chi connectivity index (χ0) is 10.6. The van der Waals surface area contributed by atoms with E-state index in [4.69, 9.17) is 9.84 Å². The summed E-state index contributed by atoms with van der Waals surface area (Å²) in [6.45, 7) is 0.833. The number of carbonyl (C=O) groups is 2. The lowest BCUT2D eigenvalue weighted by molar-refractivity contribution is -0.158. The third-order valence-corrected chi connectivity index (χ3v) is 2.28. The number of rotatable bonds is 3. The van der Waals surface area contributed by atoms with Crippen molar-refractivity contribution in [3.05, 3.63) is 0 Å². The van der Waals surface area contributed by atoms with Crippen molar-refractivity contribution < 1.29 is 19.4 Å². The molecule has 0 spiro atoms. The second-order valence-corrected chi connectivity index (χ2v) is 3.44. The fraction of sp³-hybridized carbons (Fsp3) is 0.750. The number of carbonyl (C=O) groups excluding carboxylic acids is 1. The molecule has 0 radical (unpaired) electrons. The molecule has 1 aliphatic heterocycles. The van der Waals surface area contributed by atoms with Gasteiger partial charge in [0.15, 0.2) is 6.04 Å². The van der Waals surface area contributed by atoms with Crippen LogP contribution >= 0.6 is 12.6 Å². The zero-order valence-corrected chi connectivity index (χ0v) is 8.57. The highest BCUT2D eigenvalue weighted by Gasteiger charge is 2.31. The van der Waals surface area contributed by atoms with Gasteiger partial charge in [0.05, 0.1) is 13.2 Å². The second-order valence-electron chi connectivity index (χ2n) is 2.99. The Morgan fingerprint density at radius 2 is 2.29 bits per heavy atom. The number of hydrogen-bond acceptors (Lipinski definition) is 4. The molecule has 0 aromatic heterocycles. The van der Waals surface area contributed by atoms with Gasteiger partial charge in [-0.1, -0.05) is 0 Å². The van der Waals surface area contributed by atoms with Crippen molar-refractivity contribution in [3.8, 4) is 0 Å². The molecule has 1 aliphatic rings. The Morgan fingerprint density at radius 1 is 1.57 bits per heavy atom. The van der Waals surface area contributed by atoms with Gasteiger partial charge < -0.3 is 14.7 Å². The Bertz CT molecular complexity index is 233. The van der Waals surface area contributed by atoms with E-state index in [-0.39, 0.29) is 18.9 Å². The summed E-state index contributed by atoms with van der Waals surface area (Å²) in [6, 6.07) is -0.837. The van der Waals surface area contributed by atoms with E-state index in [1.165, 1.54) is 4.90 Å². The molecule has 6 heteroatoms. The number of aliphatic carboxylic acids is 1. The van der Waals surface area contributed by atoms with Crippen LogP contribution in [0.4, 0.5) is 0 Å². The third-order valence-electron chi connectivity index (χ3n) is 2.06. The van der Waals surface area contributed by atoms with E-state index in [0.717, 1.165) is 0 Å². The van der Waals surface area contributed by atoms with E-state index in [0.29, 0.717) is 18.9 Å². The van der Waals surface area contributed by atoms with Gasteiger partial charge in [0, 0.05) is 13.0 Å². The van der Waals surface area contributed by atoms with Gasteiger partial charge in [0.1, 0.15) is 0 Å². The molecule has 80 valence electrons. The van der Waals surface area contributed by atoms with Crippen LogP contribution in [0.15, 0.2) is 0 Å². The van der Waals surface area contributed by atoms with Crippen LogP contribution in [0.1, 0.15) is 6.42 Å². The molecule has 1 amide bonds. The fourth-order valence-corrected chi connectivity index (χ4v) is 1.54. The molecule has 1 fully saturated rings. The van der Waals surface area contributed by atoms with Crippen LogP contribution in [-0.4, -0.2) is 53.4 Å². The van der Waals surface area contributed by atoms with Crippen LogP contribution in [0.2, 0.25) is 0 Å². The quantitative estimate of drug-likeness (QED) is 0.635. The van der Waals surface area contributed by atoms with Crippen molar-refractivity contribution in [2.75, 3.05) is 25.5 Å². The van der Waals surface area contributed by atoms with Crippen LogP contribution in [0.25, 0.3) is 0 Å². The average molecular weight is 219 g/mol. The Morgan fingerprint density at radius 3 is 2.86 bits per heavy atom. The summed E-state index contributed by atoms with van der Waals surface area (Å²) in [6.07, 6.45) is 0.271. The van der Waals surface area contributed by atoms with Crippen LogP contribution in [0.5, 0.6) is 0 Å². The minimum Gasteiger partial charge on any atom is -0.480 e. The van der Waals surface area contributed by atoms with Gasteiger partial charge in [-0.2, -0.15) is 12.6 Å². The van der Waals surface area contributed by atoms with E-state index in [9.17, 15) is 9.59 Å². The summed E-state index contributed by atoms with van der Waals surface area (Å²) in [4.78, 5) is 23.6. The summed E-state index contributed by atoms with van der Waals surface area (Å²) in [5, 5.41) is 8.83. The molecule has 1 rings (SSSR count). The van der Waals surface area contributed by atoms with Gasteiger partial charge in [0.25, 0.3) is 0 Å². The van der Waals surface area contributed by atoms with Crippen LogP contribution in [-0.2, 0) is 14.3 Å². The van der Waals surface area contributed by atoms with E-state index < -0.39 is 12.0 Å². The van der Waals surface area contributed by atoms with Crippen LogP contribution < -0.4 is 0 Å². The predicted octanol–water partition coefficient (Wildman–Crippen LogP) is -0.382. The van der Waals surface area contributed by atoms with Gasteiger partial charge in [-0.15, -0.1) is 0 Å². The highest BCUT2D eigenvalue weighted by Crippen LogP contribution is 2.09. The molecule has 1 N–H and O–H groups in total. The molecule has 1 heterocycles. The Balaban J connectivity index is 2.62. The van der Waals surface area contributed by atoms with Crippen molar-refractivity contribution >= 4 is 24.5 Å². The lowest BCUT2D eigenvalue weighted by atomic mass is 10.2.